The summed E-state index contributed by atoms with van der Waals surface area (Å²) in [5, 5.41) is 35.9. The van der Waals surface area contributed by atoms with E-state index in [4.69, 9.17) is 0 Å². The number of nitrogens with one attached hydrogen (secondary N) is 4. The van der Waals surface area contributed by atoms with E-state index in [1.165, 1.54) is 0 Å². The van der Waals surface area contributed by atoms with Crippen LogP contribution in [-0.4, -0.2) is 26.3 Å². The molecule has 0 aliphatic rings. The van der Waals surface area contributed by atoms with Crippen LogP contribution in [0.25, 0.3) is 10.9 Å². The minimum absolute atomic E-state index is 0.102. The first-order chi connectivity index (χ1) is 17.4. The number of nitrogens with zero attached hydrogens (tertiary/aromatic N) is 1. The van der Waals surface area contributed by atoms with Crippen LogP contribution in [0.3, 0.4) is 0 Å². The Kier molecular flexibility index (Phi) is 5.93. The van der Waals surface area contributed by atoms with Gasteiger partial charge in [-0.05, 0) is 41.5 Å². The second kappa shape index (κ2) is 9.35. The largest absolute Gasteiger partial charge is 0.508 e. The lowest BCUT2D eigenvalue weighted by molar-refractivity contribution is -0.124. The number of anilines is 4. The maximum Gasteiger partial charge on any atom is 0.259 e. The Hall–Kier alpha value is -4.96. The Morgan fingerprint density at radius 3 is 2.50 bits per heavy atom. The van der Waals surface area contributed by atoms with Gasteiger partial charge in [-0.1, -0.05) is 42.5 Å². The lowest BCUT2D eigenvalue weighted by Gasteiger charge is -2.15. The van der Waals surface area contributed by atoms with Gasteiger partial charge in [0.25, 0.3) is 16.8 Å². The van der Waals surface area contributed by atoms with Crippen molar-refractivity contribution >= 4 is 39.7 Å². The second-order valence-corrected chi connectivity index (χ2v) is 8.19. The van der Waals surface area contributed by atoms with E-state index in [1.807, 2.05) is 0 Å². The van der Waals surface area contributed by atoms with E-state index < -0.39 is 22.9 Å². The smallest absolute Gasteiger partial charge is 0.259 e. The van der Waals surface area contributed by atoms with E-state index in [9.17, 15) is 24.6 Å². The standard InChI is InChI=1S/C26H21N5O5/c32-17-8-4-5-14(11-17)13-27-20-21(24(35)23(20)34)28-16-9-10-19-18(12-16)25(31-30-19)29-26(36)22(33)15-6-2-1-3-7-15/h1-12,22,27-28,32-33H,13H2,(H2,29,30,31,36). The summed E-state index contributed by atoms with van der Waals surface area (Å²) in [4.78, 5) is 36.9. The molecular formula is C26H21N5O5. The van der Waals surface area contributed by atoms with Gasteiger partial charge in [-0.3, -0.25) is 19.5 Å². The van der Waals surface area contributed by atoms with Crippen LogP contribution in [-0.2, 0) is 11.3 Å². The lowest BCUT2D eigenvalue weighted by Crippen LogP contribution is -2.36. The van der Waals surface area contributed by atoms with Gasteiger partial charge >= 0.3 is 0 Å². The zero-order valence-electron chi connectivity index (χ0n) is 18.8. The maximum atomic E-state index is 12.6. The normalized spacial score (nSPS) is 11.9. The predicted octanol–water partition coefficient (Wildman–Crippen LogP) is 2.89. The molecule has 0 bridgehead atoms. The molecule has 0 radical (unpaired) electrons. The first kappa shape index (κ1) is 22.8. The molecule has 5 rings (SSSR count). The number of amides is 1. The zero-order chi connectivity index (χ0) is 25.2. The molecule has 10 nitrogen and oxygen atoms in total. The van der Waals surface area contributed by atoms with Crippen LogP contribution in [0.5, 0.6) is 5.75 Å². The Bertz CT molecular complexity index is 1640. The van der Waals surface area contributed by atoms with Crippen molar-refractivity contribution < 1.29 is 15.0 Å². The number of H-pyrrole nitrogens is 1. The fourth-order valence-electron chi connectivity index (χ4n) is 3.84. The molecule has 5 aromatic rings. The number of aliphatic hydroxyl groups excluding tert-OH is 1. The van der Waals surface area contributed by atoms with E-state index in [0.29, 0.717) is 22.2 Å². The topological polar surface area (TPSA) is 156 Å². The average Bonchev–Trinajstić information content (AvgIpc) is 3.29. The molecule has 0 saturated carbocycles. The third-order valence-corrected chi connectivity index (χ3v) is 5.73. The highest BCUT2D eigenvalue weighted by atomic mass is 16.3. The number of rotatable bonds is 8. The van der Waals surface area contributed by atoms with Gasteiger partial charge in [0, 0.05) is 17.6 Å². The van der Waals surface area contributed by atoms with Crippen LogP contribution in [0, 0.1) is 0 Å². The number of aromatic amines is 1. The molecule has 36 heavy (non-hydrogen) atoms. The molecule has 6 N–H and O–H groups in total. The van der Waals surface area contributed by atoms with Gasteiger partial charge in [0.15, 0.2) is 11.9 Å². The minimum atomic E-state index is -1.37. The Morgan fingerprint density at radius 1 is 0.944 bits per heavy atom. The number of benzene rings is 3. The molecule has 1 amide bonds. The first-order valence-electron chi connectivity index (χ1n) is 11.0. The van der Waals surface area contributed by atoms with Crippen LogP contribution in [0.2, 0.25) is 0 Å². The summed E-state index contributed by atoms with van der Waals surface area (Å²) in [6, 6.07) is 20.2. The predicted molar refractivity (Wildman–Crippen MR) is 136 cm³/mol. The van der Waals surface area contributed by atoms with Gasteiger partial charge in [0.2, 0.25) is 0 Å². The number of aromatic hydroxyl groups is 1. The van der Waals surface area contributed by atoms with Gasteiger partial charge in [-0.25, -0.2) is 0 Å². The third-order valence-electron chi connectivity index (χ3n) is 5.73. The van der Waals surface area contributed by atoms with Crippen LogP contribution in [0.1, 0.15) is 17.2 Å². The van der Waals surface area contributed by atoms with Crippen LogP contribution < -0.4 is 26.8 Å². The number of hydrogen-bond acceptors (Lipinski definition) is 8. The van der Waals surface area contributed by atoms with Crippen molar-refractivity contribution in [2.75, 3.05) is 16.0 Å². The number of aromatic nitrogens is 2. The van der Waals surface area contributed by atoms with Gasteiger partial charge in [-0.2, -0.15) is 5.10 Å². The third kappa shape index (κ3) is 4.40. The number of carbonyl (C=O) groups excluding carboxylic acids is 1. The van der Waals surface area contributed by atoms with E-state index in [1.54, 1.807) is 72.8 Å². The van der Waals surface area contributed by atoms with Crippen molar-refractivity contribution in [2.45, 2.75) is 12.6 Å². The number of carbonyl (C=O) groups is 1. The molecule has 0 fully saturated rings. The summed E-state index contributed by atoms with van der Waals surface area (Å²) in [5.41, 5.74) is 1.29. The summed E-state index contributed by atoms with van der Waals surface area (Å²) in [5.74, 6) is -0.333. The van der Waals surface area contributed by atoms with Crippen molar-refractivity contribution in [3.8, 4) is 5.75 Å². The average molecular weight is 483 g/mol. The number of aliphatic hydroxyl groups is 1. The Morgan fingerprint density at radius 2 is 1.72 bits per heavy atom. The van der Waals surface area contributed by atoms with E-state index in [-0.39, 0.29) is 29.5 Å². The molecule has 1 unspecified atom stereocenters. The molecule has 0 aliphatic carbocycles. The van der Waals surface area contributed by atoms with Gasteiger partial charge in [-0.15, -0.1) is 0 Å². The van der Waals surface area contributed by atoms with Gasteiger partial charge in [0.1, 0.15) is 17.1 Å². The van der Waals surface area contributed by atoms with E-state index in [0.717, 1.165) is 5.56 Å². The quantitative estimate of drug-likeness (QED) is 0.184. The minimum Gasteiger partial charge on any atom is -0.508 e. The number of hydrogen-bond donors (Lipinski definition) is 6. The summed E-state index contributed by atoms with van der Waals surface area (Å²) >= 11 is 0. The van der Waals surface area contributed by atoms with Crippen molar-refractivity contribution in [1.82, 2.24) is 10.2 Å². The summed E-state index contributed by atoms with van der Waals surface area (Å²) in [7, 11) is 0. The van der Waals surface area contributed by atoms with Crippen molar-refractivity contribution in [1.29, 1.82) is 0 Å². The Balaban J connectivity index is 1.34. The molecule has 180 valence electrons. The highest BCUT2D eigenvalue weighted by Crippen LogP contribution is 2.28. The van der Waals surface area contributed by atoms with E-state index >= 15 is 0 Å². The lowest BCUT2D eigenvalue weighted by atomic mass is 10.1. The van der Waals surface area contributed by atoms with Crippen molar-refractivity contribution in [2.24, 2.45) is 0 Å². The van der Waals surface area contributed by atoms with Crippen LogP contribution in [0.15, 0.2) is 82.4 Å². The SMILES string of the molecule is O=C(Nc1n[nH]c2ccc(Nc3c(NCc4cccc(O)c4)c(=O)c3=O)cc12)C(O)c1ccccc1. The molecule has 4 aromatic carbocycles. The molecule has 0 saturated heterocycles. The molecule has 1 heterocycles. The van der Waals surface area contributed by atoms with Crippen molar-refractivity contribution in [3.63, 3.8) is 0 Å². The molecule has 0 aliphatic heterocycles. The van der Waals surface area contributed by atoms with Crippen LogP contribution >= 0.6 is 0 Å². The van der Waals surface area contributed by atoms with Gasteiger partial charge in [0.05, 0.1) is 5.52 Å². The molecular weight excluding hydrogens is 462 g/mol. The van der Waals surface area contributed by atoms with Crippen LogP contribution in [0.4, 0.5) is 22.9 Å². The summed E-state index contributed by atoms with van der Waals surface area (Å²) in [6.07, 6.45) is -1.37. The highest BCUT2D eigenvalue weighted by Gasteiger charge is 2.22. The maximum absolute atomic E-state index is 12.6. The molecule has 1 aromatic heterocycles. The number of fused-ring (bicyclic) bond motifs is 1. The Labute approximate surface area is 203 Å². The molecule has 0 spiro atoms. The monoisotopic (exact) mass is 483 g/mol. The fraction of sp³-hybridized carbons (Fsp3) is 0.0769. The number of phenolic OH excluding ortho intramolecular Hbond substituents is 1. The van der Waals surface area contributed by atoms with E-state index in [2.05, 4.69) is 26.1 Å². The molecule has 1 atom stereocenters. The van der Waals surface area contributed by atoms with Crippen molar-refractivity contribution in [3.05, 3.63) is 104 Å². The highest BCUT2D eigenvalue weighted by molar-refractivity contribution is 6.02. The number of phenols is 1. The zero-order valence-corrected chi connectivity index (χ0v) is 18.8. The fourth-order valence-corrected chi connectivity index (χ4v) is 3.84. The summed E-state index contributed by atoms with van der Waals surface area (Å²) < 4.78 is 0. The second-order valence-electron chi connectivity index (χ2n) is 8.19. The summed E-state index contributed by atoms with van der Waals surface area (Å²) in [6.45, 7) is 0.245. The first-order valence-corrected chi connectivity index (χ1v) is 11.0. The van der Waals surface area contributed by atoms with Gasteiger partial charge < -0.3 is 26.2 Å². The molecule has 10 heteroatoms.